The van der Waals surface area contributed by atoms with Crippen molar-refractivity contribution in [1.82, 2.24) is 4.90 Å². The zero-order valence-electron chi connectivity index (χ0n) is 16.9. The Kier molecular flexibility index (Phi) is 5.63. The van der Waals surface area contributed by atoms with Crippen LogP contribution in [0, 0.1) is 0 Å². The molecule has 2 amide bonds. The highest BCUT2D eigenvalue weighted by molar-refractivity contribution is 6.11. The molecule has 0 radical (unpaired) electrons. The predicted molar refractivity (Wildman–Crippen MR) is 112 cm³/mol. The van der Waals surface area contributed by atoms with Crippen LogP contribution >= 0.6 is 0 Å². The van der Waals surface area contributed by atoms with Crippen molar-refractivity contribution in [1.29, 1.82) is 0 Å². The Morgan fingerprint density at radius 3 is 2.12 bits per heavy atom. The van der Waals surface area contributed by atoms with Crippen molar-refractivity contribution in [3.05, 3.63) is 101 Å². The Balaban J connectivity index is 1.91. The van der Waals surface area contributed by atoms with E-state index in [0.29, 0.717) is 0 Å². The summed E-state index contributed by atoms with van der Waals surface area (Å²) in [5.41, 5.74) is -0.392. The van der Waals surface area contributed by atoms with Gasteiger partial charge >= 0.3 is 12.1 Å². The van der Waals surface area contributed by atoms with E-state index in [-0.39, 0.29) is 22.4 Å². The van der Waals surface area contributed by atoms with E-state index in [1.807, 2.05) is 0 Å². The molecule has 4 rings (SSSR count). The molecule has 0 aromatic heterocycles. The number of carbonyl (C=O) groups is 3. The molecule has 2 N–H and O–H groups in total. The summed E-state index contributed by atoms with van der Waals surface area (Å²) in [7, 11) is 0. The van der Waals surface area contributed by atoms with Gasteiger partial charge in [0.25, 0.3) is 11.8 Å². The minimum Gasteiger partial charge on any atom is -0.479 e. The van der Waals surface area contributed by atoms with Crippen LogP contribution < -0.4 is 5.32 Å². The Morgan fingerprint density at radius 2 is 1.52 bits per heavy atom. The number of hydrogen-bond donors (Lipinski definition) is 2. The molecule has 33 heavy (non-hydrogen) atoms. The summed E-state index contributed by atoms with van der Waals surface area (Å²) < 4.78 is 39.2. The van der Waals surface area contributed by atoms with Gasteiger partial charge in [-0.1, -0.05) is 54.6 Å². The number of nitrogens with zero attached hydrogens (tertiary/aromatic N) is 1. The van der Waals surface area contributed by atoms with Crippen LogP contribution in [0.1, 0.15) is 39.1 Å². The van der Waals surface area contributed by atoms with E-state index in [1.54, 1.807) is 30.3 Å². The third-order valence-electron chi connectivity index (χ3n) is 5.36. The van der Waals surface area contributed by atoms with Gasteiger partial charge in [0.05, 0.1) is 16.8 Å². The summed E-state index contributed by atoms with van der Waals surface area (Å²) in [5.74, 6) is -2.88. The highest BCUT2D eigenvalue weighted by Crippen LogP contribution is 2.38. The topological polar surface area (TPSA) is 86.7 Å². The van der Waals surface area contributed by atoms with Crippen LogP contribution in [0.5, 0.6) is 0 Å². The molecule has 168 valence electrons. The number of amides is 2. The van der Waals surface area contributed by atoms with Crippen molar-refractivity contribution in [2.45, 2.75) is 18.3 Å². The minimum absolute atomic E-state index is 0.0452. The third kappa shape index (κ3) is 4.17. The molecule has 9 heteroatoms. The van der Waals surface area contributed by atoms with E-state index in [4.69, 9.17) is 0 Å². The second-order valence-corrected chi connectivity index (χ2v) is 7.42. The number of halogens is 3. The van der Waals surface area contributed by atoms with E-state index in [1.165, 1.54) is 24.3 Å². The molecular formula is C24H17F3N2O4. The van der Waals surface area contributed by atoms with Crippen LogP contribution in [0.4, 0.5) is 18.9 Å². The van der Waals surface area contributed by atoms with Crippen LogP contribution in [0.25, 0.3) is 0 Å². The summed E-state index contributed by atoms with van der Waals surface area (Å²) in [6.45, 7) is 0. The summed E-state index contributed by atoms with van der Waals surface area (Å²) in [4.78, 5) is 40.1. The molecule has 2 unspecified atom stereocenters. The molecule has 3 aromatic rings. The van der Waals surface area contributed by atoms with Crippen molar-refractivity contribution in [2.75, 3.05) is 5.32 Å². The van der Waals surface area contributed by atoms with Crippen LogP contribution in [0.2, 0.25) is 0 Å². The van der Waals surface area contributed by atoms with Gasteiger partial charge in [-0.3, -0.25) is 9.59 Å². The van der Waals surface area contributed by atoms with E-state index in [2.05, 4.69) is 5.32 Å². The lowest BCUT2D eigenvalue weighted by atomic mass is 9.97. The minimum atomic E-state index is -4.59. The molecule has 0 spiro atoms. The molecule has 6 nitrogen and oxygen atoms in total. The third-order valence-corrected chi connectivity index (χ3v) is 5.36. The zero-order chi connectivity index (χ0) is 23.8. The van der Waals surface area contributed by atoms with Gasteiger partial charge in [0.15, 0.2) is 6.04 Å². The molecule has 3 aromatic carbocycles. The highest BCUT2D eigenvalue weighted by Gasteiger charge is 2.44. The van der Waals surface area contributed by atoms with Crippen LogP contribution in [-0.4, -0.2) is 27.8 Å². The molecule has 0 saturated carbocycles. The normalized spacial score (nSPS) is 17.1. The monoisotopic (exact) mass is 454 g/mol. The smallest absolute Gasteiger partial charge is 0.416 e. The fourth-order valence-electron chi connectivity index (χ4n) is 3.85. The van der Waals surface area contributed by atoms with Crippen molar-refractivity contribution in [3.8, 4) is 0 Å². The molecule has 1 heterocycles. The highest BCUT2D eigenvalue weighted by atomic mass is 19.4. The van der Waals surface area contributed by atoms with Crippen LogP contribution in [0.3, 0.4) is 0 Å². The Bertz CT molecular complexity index is 1210. The maximum atomic E-state index is 13.6. The lowest BCUT2D eigenvalue weighted by Gasteiger charge is -2.34. The van der Waals surface area contributed by atoms with Gasteiger partial charge in [0.2, 0.25) is 0 Å². The fraction of sp³-hybridized carbons (Fsp3) is 0.125. The van der Waals surface area contributed by atoms with Crippen molar-refractivity contribution in [2.24, 2.45) is 0 Å². The van der Waals surface area contributed by atoms with Gasteiger partial charge in [-0.05, 0) is 35.4 Å². The quantitative estimate of drug-likeness (QED) is 0.600. The number of anilines is 1. The number of carboxylic acids is 1. The number of nitrogens with one attached hydrogen (secondary N) is 1. The molecule has 0 saturated heterocycles. The number of alkyl halides is 3. The van der Waals surface area contributed by atoms with E-state index in [9.17, 15) is 32.7 Å². The molecule has 1 aliphatic rings. The van der Waals surface area contributed by atoms with E-state index < -0.39 is 41.6 Å². The van der Waals surface area contributed by atoms with Crippen LogP contribution in [0.15, 0.2) is 78.9 Å². The van der Waals surface area contributed by atoms with E-state index >= 15 is 0 Å². The number of aliphatic carboxylic acids is 1. The molecule has 2 atom stereocenters. The lowest BCUT2D eigenvalue weighted by Crippen LogP contribution is -2.44. The van der Waals surface area contributed by atoms with Crippen molar-refractivity contribution >= 4 is 23.5 Å². The predicted octanol–water partition coefficient (Wildman–Crippen LogP) is 4.67. The maximum Gasteiger partial charge on any atom is 0.416 e. The SMILES string of the molecule is O=C(O)C(c1ccccc1)N1C(=O)c2ccccc2NC(=O)C1c1ccc(C(F)(F)F)cc1. The summed E-state index contributed by atoms with van der Waals surface area (Å²) in [5, 5.41) is 12.7. The summed E-state index contributed by atoms with van der Waals surface area (Å²) in [6, 6.07) is 14.7. The summed E-state index contributed by atoms with van der Waals surface area (Å²) >= 11 is 0. The standard InChI is InChI=1S/C24H17F3N2O4/c25-24(26,27)16-12-10-15(11-13-16)19-21(30)28-18-9-5-4-8-17(18)22(31)29(19)20(23(32)33)14-6-2-1-3-7-14/h1-13,19-20H,(H,28,30)(H,32,33). The number of rotatable bonds is 4. The first-order valence-electron chi connectivity index (χ1n) is 9.86. The molecular weight excluding hydrogens is 437 g/mol. The first kappa shape index (κ1) is 22.1. The maximum absolute atomic E-state index is 13.6. The van der Waals surface area contributed by atoms with Gasteiger partial charge in [-0.2, -0.15) is 13.2 Å². The van der Waals surface area contributed by atoms with Crippen LogP contribution in [-0.2, 0) is 15.8 Å². The number of fused-ring (bicyclic) bond motifs is 1. The number of benzene rings is 3. The van der Waals surface area contributed by atoms with Crippen molar-refractivity contribution < 1.29 is 32.7 Å². The second-order valence-electron chi connectivity index (χ2n) is 7.42. The number of para-hydroxylation sites is 1. The number of carbonyl (C=O) groups excluding carboxylic acids is 2. The van der Waals surface area contributed by atoms with E-state index in [0.717, 1.165) is 29.2 Å². The first-order valence-corrected chi connectivity index (χ1v) is 9.86. The average molecular weight is 454 g/mol. The molecule has 0 fully saturated rings. The fourth-order valence-corrected chi connectivity index (χ4v) is 3.85. The average Bonchev–Trinajstić information content (AvgIpc) is 2.88. The summed E-state index contributed by atoms with van der Waals surface area (Å²) in [6.07, 6.45) is -4.59. The van der Waals surface area contributed by atoms with Gasteiger partial charge in [-0.25, -0.2) is 4.79 Å². The first-order chi connectivity index (χ1) is 15.7. The Labute approximate surface area is 186 Å². The zero-order valence-corrected chi connectivity index (χ0v) is 16.9. The van der Waals surface area contributed by atoms with Gasteiger partial charge < -0.3 is 15.3 Å². The lowest BCUT2D eigenvalue weighted by molar-refractivity contribution is -0.144. The van der Waals surface area contributed by atoms with Gasteiger partial charge in [0, 0.05) is 0 Å². The second kappa shape index (κ2) is 8.42. The molecule has 0 aliphatic carbocycles. The Hall–Kier alpha value is -4.14. The van der Waals surface area contributed by atoms with Gasteiger partial charge in [0.1, 0.15) is 6.04 Å². The molecule has 1 aliphatic heterocycles. The van der Waals surface area contributed by atoms with Gasteiger partial charge in [-0.15, -0.1) is 0 Å². The Morgan fingerprint density at radius 1 is 0.909 bits per heavy atom. The number of hydrogen-bond acceptors (Lipinski definition) is 3. The molecule has 0 bridgehead atoms. The number of carboxylic acid groups (broad SMARTS) is 1. The van der Waals surface area contributed by atoms with Crippen molar-refractivity contribution in [3.63, 3.8) is 0 Å². The largest absolute Gasteiger partial charge is 0.479 e.